The lowest BCUT2D eigenvalue weighted by Crippen LogP contribution is -2.38. The van der Waals surface area contributed by atoms with E-state index in [0.717, 1.165) is 16.7 Å². The van der Waals surface area contributed by atoms with Crippen LogP contribution < -0.4 is 26.0 Å². The lowest BCUT2D eigenvalue weighted by molar-refractivity contribution is -0.0939. The monoisotopic (exact) mass is 744 g/mol. The molecule has 15 heteroatoms. The van der Waals surface area contributed by atoms with E-state index in [1.165, 1.54) is 10.8 Å². The second-order valence-corrected chi connectivity index (χ2v) is 13.7. The van der Waals surface area contributed by atoms with Gasteiger partial charge in [0.05, 0.1) is 27.4 Å². The zero-order chi connectivity index (χ0) is 37.4. The summed E-state index contributed by atoms with van der Waals surface area (Å²) in [7, 11) is -1.50. The molecule has 1 unspecified atom stereocenters. The minimum absolute atomic E-state index is 0.0388. The predicted octanol–water partition coefficient (Wildman–Crippen LogP) is 5.17. The Morgan fingerprint density at radius 1 is 0.925 bits per heavy atom. The number of pyridine rings is 1. The number of hydrogen-bond donors (Lipinski definition) is 3. The van der Waals surface area contributed by atoms with Crippen LogP contribution in [0.5, 0.6) is 11.5 Å². The van der Waals surface area contributed by atoms with Gasteiger partial charge in [-0.2, -0.15) is 0 Å². The first-order valence-corrected chi connectivity index (χ1v) is 18.4. The Bertz CT molecular complexity index is 2060. The number of methoxy groups -OCH3 is 2. The molecule has 1 saturated heterocycles. The Kier molecular flexibility index (Phi) is 11.9. The highest BCUT2D eigenvalue weighted by Crippen LogP contribution is 2.49. The largest absolute Gasteiger partial charge is 0.497 e. The first-order chi connectivity index (χ1) is 25.6. The maximum absolute atomic E-state index is 13.4. The van der Waals surface area contributed by atoms with Crippen LogP contribution in [0.3, 0.4) is 0 Å². The van der Waals surface area contributed by atoms with E-state index in [0.29, 0.717) is 17.3 Å². The molecule has 0 aliphatic carbocycles. The zero-order valence-corrected chi connectivity index (χ0v) is 30.3. The number of rotatable bonds is 16. The summed E-state index contributed by atoms with van der Waals surface area (Å²) >= 11 is 0. The Hall–Kier alpha value is -5.08. The Labute approximate surface area is 305 Å². The van der Waals surface area contributed by atoms with Crippen molar-refractivity contribution in [3.05, 3.63) is 153 Å². The van der Waals surface area contributed by atoms with Gasteiger partial charge in [0, 0.05) is 30.9 Å². The van der Waals surface area contributed by atoms with Gasteiger partial charge >= 0.3 is 13.5 Å². The summed E-state index contributed by atoms with van der Waals surface area (Å²) < 4.78 is 50.0. The van der Waals surface area contributed by atoms with E-state index in [1.807, 2.05) is 78.9 Å². The molecule has 278 valence electrons. The average Bonchev–Trinajstić information content (AvgIpc) is 3.57. The molecule has 0 radical (unpaired) electrons. The van der Waals surface area contributed by atoms with Gasteiger partial charge in [-0.15, -0.1) is 0 Å². The third kappa shape index (κ3) is 8.77. The van der Waals surface area contributed by atoms with E-state index < -0.39 is 43.1 Å². The number of H-pyrrole nitrogens is 1. The smallest absolute Gasteiger partial charge is 0.472 e. The van der Waals surface area contributed by atoms with E-state index in [2.05, 4.69) is 15.3 Å². The third-order valence-corrected chi connectivity index (χ3v) is 9.92. The van der Waals surface area contributed by atoms with Gasteiger partial charge in [-0.05, 0) is 60.0 Å². The van der Waals surface area contributed by atoms with Crippen molar-refractivity contribution < 1.29 is 37.5 Å². The number of phosphoric ester groups is 1. The van der Waals surface area contributed by atoms with Crippen LogP contribution in [0.25, 0.3) is 0 Å². The van der Waals surface area contributed by atoms with E-state index in [4.69, 9.17) is 28.0 Å². The topological polar surface area (TPSA) is 172 Å². The van der Waals surface area contributed by atoms with Crippen molar-refractivity contribution in [2.75, 3.05) is 39.3 Å². The van der Waals surface area contributed by atoms with Gasteiger partial charge in [0.2, 0.25) is 0 Å². The molecular formula is C38H41N4O10P. The van der Waals surface area contributed by atoms with Crippen LogP contribution in [0.15, 0.2) is 119 Å². The molecule has 1 aliphatic rings. The quantitative estimate of drug-likeness (QED) is 0.0689. The maximum atomic E-state index is 13.4. The molecule has 3 N–H and O–H groups in total. The Morgan fingerprint density at radius 2 is 1.55 bits per heavy atom. The van der Waals surface area contributed by atoms with Gasteiger partial charge in [-0.3, -0.25) is 23.4 Å². The van der Waals surface area contributed by atoms with Crippen molar-refractivity contribution >= 4 is 13.6 Å². The molecular weight excluding hydrogens is 703 g/mol. The average molecular weight is 745 g/mol. The molecule has 0 saturated carbocycles. The molecule has 1 aliphatic heterocycles. The number of hydrogen-bond acceptors (Lipinski definition) is 11. The van der Waals surface area contributed by atoms with E-state index in [1.54, 1.807) is 45.5 Å². The van der Waals surface area contributed by atoms with Crippen molar-refractivity contribution in [1.82, 2.24) is 14.5 Å². The van der Waals surface area contributed by atoms with E-state index >= 15 is 0 Å². The molecule has 4 atom stereocenters. The van der Waals surface area contributed by atoms with Crippen LogP contribution in [0, 0.1) is 6.92 Å². The van der Waals surface area contributed by atoms with Crippen LogP contribution in [0.2, 0.25) is 0 Å². The molecule has 0 amide bonds. The minimum atomic E-state index is -4.67. The summed E-state index contributed by atoms with van der Waals surface area (Å²) in [5.74, 6) is 1.87. The highest BCUT2D eigenvalue weighted by molar-refractivity contribution is 7.47. The van der Waals surface area contributed by atoms with Crippen LogP contribution in [-0.4, -0.2) is 65.6 Å². The summed E-state index contributed by atoms with van der Waals surface area (Å²) in [6, 6.07) is 29.9. The number of aromatic amines is 1. The van der Waals surface area contributed by atoms with Gasteiger partial charge in [0.1, 0.15) is 41.4 Å². The molecule has 14 nitrogen and oxygen atoms in total. The van der Waals surface area contributed by atoms with Crippen LogP contribution in [-0.2, 0) is 28.7 Å². The van der Waals surface area contributed by atoms with Crippen molar-refractivity contribution in [2.45, 2.75) is 37.4 Å². The second kappa shape index (κ2) is 16.7. The van der Waals surface area contributed by atoms with Crippen LogP contribution in [0.4, 0.5) is 5.82 Å². The lowest BCUT2D eigenvalue weighted by atomic mass is 9.80. The van der Waals surface area contributed by atoms with Crippen molar-refractivity contribution in [2.24, 2.45) is 0 Å². The summed E-state index contributed by atoms with van der Waals surface area (Å²) in [6.45, 7) is 1.39. The fourth-order valence-electron chi connectivity index (χ4n) is 6.22. The molecule has 6 rings (SSSR count). The van der Waals surface area contributed by atoms with Gasteiger partial charge in [-0.25, -0.2) is 14.3 Å². The standard InChI is InChI=1S/C38H41N4O10P/c1-26-24-42(37(44)41-36(26)43)35-23-32(52-53(45,46)50-22-21-40-34-11-7-8-20-39-34)33(51-35)25-49-38(27-9-5-4-6-10-27,28-12-16-30(47-2)17-13-28)29-14-18-31(48-3)19-15-29/h4-20,24,32-33,35H,21-23,25H2,1-3H3,(H,39,40)(H,45,46)(H,41,43,44)/t32-,33+,35+/m0/s1. The molecule has 0 bridgehead atoms. The molecule has 1 fully saturated rings. The number of nitrogens with one attached hydrogen (secondary N) is 2. The zero-order valence-electron chi connectivity index (χ0n) is 29.4. The molecule has 2 aromatic heterocycles. The third-order valence-electron chi connectivity index (χ3n) is 8.87. The summed E-state index contributed by atoms with van der Waals surface area (Å²) in [6.07, 6.45) is -0.0903. The molecule has 53 heavy (non-hydrogen) atoms. The number of phosphoric acid groups is 1. The lowest BCUT2D eigenvalue weighted by Gasteiger charge is -2.37. The number of aryl methyl sites for hydroxylation is 1. The fourth-order valence-corrected chi connectivity index (χ4v) is 7.17. The maximum Gasteiger partial charge on any atom is 0.472 e. The minimum Gasteiger partial charge on any atom is -0.497 e. The van der Waals surface area contributed by atoms with E-state index in [9.17, 15) is 19.0 Å². The molecule has 0 spiro atoms. The summed E-state index contributed by atoms with van der Waals surface area (Å²) in [5, 5.41) is 3.01. The number of ether oxygens (including phenoxy) is 4. The van der Waals surface area contributed by atoms with Crippen LogP contribution in [0.1, 0.15) is 34.9 Å². The van der Waals surface area contributed by atoms with Crippen molar-refractivity contribution in [3.8, 4) is 11.5 Å². The Morgan fingerprint density at radius 3 is 2.15 bits per heavy atom. The molecule has 3 aromatic carbocycles. The Balaban J connectivity index is 1.33. The number of anilines is 1. The van der Waals surface area contributed by atoms with E-state index in [-0.39, 0.29) is 31.7 Å². The van der Waals surface area contributed by atoms with Gasteiger partial charge in [0.25, 0.3) is 5.56 Å². The summed E-state index contributed by atoms with van der Waals surface area (Å²) in [5.41, 5.74) is 0.0985. The molecule has 5 aromatic rings. The fraction of sp³-hybridized carbons (Fsp3) is 0.289. The van der Waals surface area contributed by atoms with Gasteiger partial charge in [-0.1, -0.05) is 60.7 Å². The normalized spacial score (nSPS) is 18.3. The van der Waals surface area contributed by atoms with Crippen molar-refractivity contribution in [1.29, 1.82) is 0 Å². The SMILES string of the molecule is COc1ccc(C(OC[C@H]2O[C@@H](n3cc(C)c(=O)[nH]c3=O)C[C@@H]2OP(=O)(O)OCCNc2ccccn2)(c2ccccc2)c2ccc(OC)cc2)cc1. The first kappa shape index (κ1) is 37.7. The summed E-state index contributed by atoms with van der Waals surface area (Å²) in [4.78, 5) is 42.4. The predicted molar refractivity (Wildman–Crippen MR) is 196 cm³/mol. The van der Waals surface area contributed by atoms with Crippen molar-refractivity contribution in [3.63, 3.8) is 0 Å². The highest BCUT2D eigenvalue weighted by atomic mass is 31.2. The van der Waals surface area contributed by atoms with Gasteiger partial charge in [0.15, 0.2) is 0 Å². The molecule has 3 heterocycles. The van der Waals surface area contributed by atoms with Gasteiger partial charge < -0.3 is 29.2 Å². The number of benzene rings is 3. The second-order valence-electron chi connectivity index (χ2n) is 12.2. The first-order valence-electron chi connectivity index (χ1n) is 16.9. The number of nitrogens with zero attached hydrogens (tertiary/aromatic N) is 2. The van der Waals surface area contributed by atoms with Crippen LogP contribution >= 0.6 is 7.82 Å². The number of aromatic nitrogens is 3. The highest BCUT2D eigenvalue weighted by Gasteiger charge is 2.45.